The molecule has 0 saturated heterocycles. The third-order valence-electron chi connectivity index (χ3n) is 3.97. The van der Waals surface area contributed by atoms with Gasteiger partial charge in [-0.3, -0.25) is 10.1 Å². The monoisotopic (exact) mass is 354 g/mol. The van der Waals surface area contributed by atoms with E-state index in [0.717, 1.165) is 22.6 Å². The van der Waals surface area contributed by atoms with Crippen LogP contribution in [0, 0.1) is 24.0 Å². The summed E-state index contributed by atoms with van der Waals surface area (Å²) >= 11 is 0. The molecule has 26 heavy (non-hydrogen) atoms. The molecular formula is C18H18N4O4. The molecule has 134 valence electrons. The van der Waals surface area contributed by atoms with Crippen LogP contribution in [0.15, 0.2) is 42.6 Å². The summed E-state index contributed by atoms with van der Waals surface area (Å²) < 4.78 is 8.48. The maximum Gasteiger partial charge on any atom is 0.355 e. The predicted molar refractivity (Wildman–Crippen MR) is 94.2 cm³/mol. The van der Waals surface area contributed by atoms with Crippen LogP contribution in [0.1, 0.15) is 27.4 Å². The number of hydrogen-bond acceptors (Lipinski definition) is 5. The van der Waals surface area contributed by atoms with Crippen LogP contribution in [0.5, 0.6) is 0 Å². The van der Waals surface area contributed by atoms with Gasteiger partial charge in [-0.05, 0) is 37.6 Å². The van der Waals surface area contributed by atoms with E-state index in [1.54, 1.807) is 7.05 Å². The van der Waals surface area contributed by atoms with Gasteiger partial charge >= 0.3 is 5.97 Å². The standard InChI is InChI=1S/C18H18N4O4/c1-12-8-13(2)21(19-12)15-6-4-14(5-7-15)11-26-18(23)17-9-16(22(24)25)10-20(17)3/h4-10H,11H2,1-3H3. The molecule has 0 N–H and O–H groups in total. The molecule has 2 aromatic heterocycles. The third kappa shape index (κ3) is 3.49. The molecule has 0 aliphatic heterocycles. The largest absolute Gasteiger partial charge is 0.456 e. The first-order valence-electron chi connectivity index (χ1n) is 7.95. The number of rotatable bonds is 5. The van der Waals surface area contributed by atoms with Gasteiger partial charge in [-0.2, -0.15) is 5.10 Å². The average molecular weight is 354 g/mol. The molecule has 8 nitrogen and oxygen atoms in total. The van der Waals surface area contributed by atoms with E-state index in [1.165, 1.54) is 16.8 Å². The lowest BCUT2D eigenvalue weighted by molar-refractivity contribution is -0.384. The molecule has 3 aromatic rings. The maximum atomic E-state index is 12.1. The fourth-order valence-electron chi connectivity index (χ4n) is 2.70. The minimum atomic E-state index is -0.608. The van der Waals surface area contributed by atoms with Crippen LogP contribution in [0.25, 0.3) is 5.69 Å². The number of benzene rings is 1. The molecule has 0 aliphatic carbocycles. The van der Waals surface area contributed by atoms with Gasteiger partial charge in [0.2, 0.25) is 0 Å². The van der Waals surface area contributed by atoms with Crippen molar-refractivity contribution in [2.24, 2.45) is 7.05 Å². The van der Waals surface area contributed by atoms with Gasteiger partial charge in [0.1, 0.15) is 12.3 Å². The van der Waals surface area contributed by atoms with Crippen LogP contribution in [0.4, 0.5) is 5.69 Å². The second-order valence-corrected chi connectivity index (χ2v) is 6.03. The highest BCUT2D eigenvalue weighted by molar-refractivity contribution is 5.88. The van der Waals surface area contributed by atoms with E-state index in [-0.39, 0.29) is 18.0 Å². The molecule has 3 rings (SSSR count). The van der Waals surface area contributed by atoms with Crippen molar-refractivity contribution in [3.05, 3.63) is 75.4 Å². The lowest BCUT2D eigenvalue weighted by Crippen LogP contribution is -2.09. The number of hydrogen-bond donors (Lipinski definition) is 0. The van der Waals surface area contributed by atoms with E-state index < -0.39 is 10.9 Å². The number of carbonyl (C=O) groups excluding carboxylic acids is 1. The third-order valence-corrected chi connectivity index (χ3v) is 3.97. The minimum Gasteiger partial charge on any atom is -0.456 e. The van der Waals surface area contributed by atoms with Crippen molar-refractivity contribution in [3.63, 3.8) is 0 Å². The number of aryl methyl sites for hydroxylation is 3. The molecule has 0 radical (unpaired) electrons. The fourth-order valence-corrected chi connectivity index (χ4v) is 2.70. The number of ether oxygens (including phenoxy) is 1. The van der Waals surface area contributed by atoms with E-state index in [9.17, 15) is 14.9 Å². The Morgan fingerprint density at radius 1 is 1.23 bits per heavy atom. The fraction of sp³-hybridized carbons (Fsp3) is 0.222. The zero-order chi connectivity index (χ0) is 18.8. The summed E-state index contributed by atoms with van der Waals surface area (Å²) in [5.41, 5.74) is 3.70. The zero-order valence-corrected chi connectivity index (χ0v) is 14.7. The second-order valence-electron chi connectivity index (χ2n) is 6.03. The number of nitro groups is 1. The Labute approximate surface area is 149 Å². The van der Waals surface area contributed by atoms with Gasteiger partial charge in [-0.15, -0.1) is 0 Å². The van der Waals surface area contributed by atoms with E-state index in [4.69, 9.17) is 4.74 Å². The molecule has 0 bridgehead atoms. The number of esters is 1. The maximum absolute atomic E-state index is 12.1. The molecule has 0 amide bonds. The Balaban J connectivity index is 1.67. The van der Waals surface area contributed by atoms with Crippen LogP contribution in [0.2, 0.25) is 0 Å². The zero-order valence-electron chi connectivity index (χ0n) is 14.7. The van der Waals surface area contributed by atoms with Crippen molar-refractivity contribution < 1.29 is 14.5 Å². The molecular weight excluding hydrogens is 336 g/mol. The molecule has 0 unspecified atom stereocenters. The summed E-state index contributed by atoms with van der Waals surface area (Å²) in [6, 6.07) is 10.7. The number of nitrogens with zero attached hydrogens (tertiary/aromatic N) is 4. The lowest BCUT2D eigenvalue weighted by atomic mass is 10.2. The van der Waals surface area contributed by atoms with Crippen LogP contribution in [-0.2, 0) is 18.4 Å². The van der Waals surface area contributed by atoms with Gasteiger partial charge in [0.25, 0.3) is 5.69 Å². The highest BCUT2D eigenvalue weighted by atomic mass is 16.6. The van der Waals surface area contributed by atoms with Crippen molar-refractivity contribution in [1.82, 2.24) is 14.3 Å². The highest BCUT2D eigenvalue weighted by Crippen LogP contribution is 2.17. The van der Waals surface area contributed by atoms with Crippen LogP contribution in [0.3, 0.4) is 0 Å². The topological polar surface area (TPSA) is 92.2 Å². The van der Waals surface area contributed by atoms with E-state index >= 15 is 0 Å². The molecule has 2 heterocycles. The van der Waals surface area contributed by atoms with E-state index in [2.05, 4.69) is 5.10 Å². The first-order valence-corrected chi connectivity index (χ1v) is 7.95. The predicted octanol–water partition coefficient (Wildman–Crippen LogP) is 3.09. The van der Waals surface area contributed by atoms with Crippen molar-refractivity contribution in [2.75, 3.05) is 0 Å². The summed E-state index contributed by atoms with van der Waals surface area (Å²) in [4.78, 5) is 22.4. The number of carbonyl (C=O) groups is 1. The Kier molecular flexibility index (Phi) is 4.57. The first kappa shape index (κ1) is 17.4. The Bertz CT molecular complexity index is 970. The molecule has 0 spiro atoms. The molecule has 0 aliphatic rings. The van der Waals surface area contributed by atoms with Crippen molar-refractivity contribution in [3.8, 4) is 5.69 Å². The Morgan fingerprint density at radius 3 is 2.46 bits per heavy atom. The van der Waals surface area contributed by atoms with Gasteiger partial charge in [0.05, 0.1) is 22.5 Å². The highest BCUT2D eigenvalue weighted by Gasteiger charge is 2.18. The molecule has 8 heteroatoms. The van der Waals surface area contributed by atoms with E-state index in [0.29, 0.717) is 0 Å². The lowest BCUT2D eigenvalue weighted by Gasteiger charge is -2.08. The van der Waals surface area contributed by atoms with Gasteiger partial charge in [-0.25, -0.2) is 9.48 Å². The van der Waals surface area contributed by atoms with Crippen LogP contribution in [-0.4, -0.2) is 25.2 Å². The SMILES string of the molecule is Cc1cc(C)n(-c2ccc(COC(=O)c3cc([N+](=O)[O-])cn3C)cc2)n1. The Morgan fingerprint density at radius 2 is 1.92 bits per heavy atom. The minimum absolute atomic E-state index is 0.0786. The van der Waals surface area contributed by atoms with Gasteiger partial charge in [-0.1, -0.05) is 12.1 Å². The quantitative estimate of drug-likeness (QED) is 0.399. The average Bonchev–Trinajstić information content (AvgIpc) is 3.15. The second kappa shape index (κ2) is 6.83. The van der Waals surface area contributed by atoms with Crippen molar-refractivity contribution >= 4 is 11.7 Å². The summed E-state index contributed by atoms with van der Waals surface area (Å²) in [5, 5.41) is 15.2. The van der Waals surface area contributed by atoms with Gasteiger partial charge < -0.3 is 9.30 Å². The summed E-state index contributed by atoms with van der Waals surface area (Å²) in [7, 11) is 1.56. The van der Waals surface area contributed by atoms with Crippen LogP contribution < -0.4 is 0 Å². The summed E-state index contributed by atoms with van der Waals surface area (Å²) in [6.45, 7) is 4.00. The summed E-state index contributed by atoms with van der Waals surface area (Å²) in [6.07, 6.45) is 1.28. The van der Waals surface area contributed by atoms with E-state index in [1.807, 2.05) is 48.9 Å². The smallest absolute Gasteiger partial charge is 0.355 e. The molecule has 1 aromatic carbocycles. The Hall–Kier alpha value is -3.42. The van der Waals surface area contributed by atoms with Crippen molar-refractivity contribution in [1.29, 1.82) is 0 Å². The van der Waals surface area contributed by atoms with Gasteiger partial charge in [0.15, 0.2) is 0 Å². The normalized spacial score (nSPS) is 10.7. The van der Waals surface area contributed by atoms with Crippen molar-refractivity contribution in [2.45, 2.75) is 20.5 Å². The molecule has 0 saturated carbocycles. The van der Waals surface area contributed by atoms with Crippen LogP contribution >= 0.6 is 0 Å². The summed E-state index contributed by atoms with van der Waals surface area (Å²) in [5.74, 6) is -0.608. The first-order chi connectivity index (χ1) is 12.3. The molecule has 0 fully saturated rings. The number of aromatic nitrogens is 3. The van der Waals surface area contributed by atoms with Gasteiger partial charge in [0, 0.05) is 18.8 Å². The molecule has 0 atom stereocenters.